The van der Waals surface area contributed by atoms with Crippen LogP contribution in [0.5, 0.6) is 0 Å². The molecule has 0 atom stereocenters. The van der Waals surface area contributed by atoms with Crippen LogP contribution in [-0.4, -0.2) is 0 Å². The lowest BCUT2D eigenvalue weighted by Crippen LogP contribution is -2.17. The largest absolute Gasteiger partial charge is 0.309 e. The SMILES string of the molecule is CC(C)(C)c1cccc(N(c2ccc(Cl)cc2)c2cccc(N(c3ccc(Cl)cc3)c3cccc(C(C)(C)C)c3)c2Br)c1. The second-order valence-corrected chi connectivity index (χ2v) is 14.5. The maximum atomic E-state index is 6.34. The first-order valence-electron chi connectivity index (χ1n) is 14.4. The van der Waals surface area contributed by atoms with Crippen LogP contribution >= 0.6 is 39.1 Å². The van der Waals surface area contributed by atoms with Crippen LogP contribution in [-0.2, 0) is 10.8 Å². The van der Waals surface area contributed by atoms with Gasteiger partial charge in [-0.05, 0) is 123 Å². The molecule has 0 spiro atoms. The van der Waals surface area contributed by atoms with E-state index in [2.05, 4.69) is 158 Å². The molecule has 0 radical (unpaired) electrons. The van der Waals surface area contributed by atoms with E-state index in [4.69, 9.17) is 23.2 Å². The number of benzene rings is 5. The van der Waals surface area contributed by atoms with Crippen molar-refractivity contribution in [2.24, 2.45) is 0 Å². The molecule has 0 saturated heterocycles. The molecule has 0 N–H and O–H groups in total. The van der Waals surface area contributed by atoms with Crippen molar-refractivity contribution in [1.29, 1.82) is 0 Å². The van der Waals surface area contributed by atoms with E-state index in [1.165, 1.54) is 11.1 Å². The summed E-state index contributed by atoms with van der Waals surface area (Å²) in [5.41, 5.74) is 8.72. The number of rotatable bonds is 6. The van der Waals surface area contributed by atoms with Crippen molar-refractivity contribution < 1.29 is 0 Å². The number of halogens is 3. The quantitative estimate of drug-likeness (QED) is 0.177. The number of hydrogen-bond donors (Lipinski definition) is 0. The van der Waals surface area contributed by atoms with E-state index in [1.807, 2.05) is 24.3 Å². The van der Waals surface area contributed by atoms with Crippen molar-refractivity contribution in [2.45, 2.75) is 52.4 Å². The molecule has 0 unspecified atom stereocenters. The van der Waals surface area contributed by atoms with Gasteiger partial charge in [-0.15, -0.1) is 0 Å². The third-order valence-electron chi connectivity index (χ3n) is 7.55. The molecule has 5 aromatic rings. The summed E-state index contributed by atoms with van der Waals surface area (Å²) in [6.07, 6.45) is 0. The van der Waals surface area contributed by atoms with Crippen LogP contribution in [0.3, 0.4) is 0 Å². The summed E-state index contributed by atoms with van der Waals surface area (Å²) in [5, 5.41) is 1.40. The normalized spacial score (nSPS) is 11.8. The van der Waals surface area contributed by atoms with E-state index >= 15 is 0 Å². The molecule has 0 aromatic heterocycles. The Hall–Kier alpha value is -3.24. The van der Waals surface area contributed by atoms with Gasteiger partial charge in [0.05, 0.1) is 15.8 Å². The Kier molecular flexibility index (Phi) is 9.00. The van der Waals surface area contributed by atoms with Gasteiger partial charge in [-0.1, -0.05) is 95.1 Å². The van der Waals surface area contributed by atoms with E-state index in [9.17, 15) is 0 Å². The van der Waals surface area contributed by atoms with Gasteiger partial charge in [0, 0.05) is 32.8 Å². The van der Waals surface area contributed by atoms with Crippen molar-refractivity contribution in [3.05, 3.63) is 141 Å². The van der Waals surface area contributed by atoms with Crippen LogP contribution in [0.2, 0.25) is 10.0 Å². The second kappa shape index (κ2) is 12.4. The van der Waals surface area contributed by atoms with Gasteiger partial charge in [-0.2, -0.15) is 0 Å². The summed E-state index contributed by atoms with van der Waals surface area (Å²) in [7, 11) is 0. The van der Waals surface area contributed by atoms with Crippen molar-refractivity contribution in [2.75, 3.05) is 9.80 Å². The smallest absolute Gasteiger partial charge is 0.0656 e. The Morgan fingerprint density at radius 1 is 0.465 bits per heavy atom. The fourth-order valence-electron chi connectivity index (χ4n) is 5.11. The average Bonchev–Trinajstić information content (AvgIpc) is 2.96. The third kappa shape index (κ3) is 6.96. The van der Waals surface area contributed by atoms with E-state index < -0.39 is 0 Å². The Morgan fingerprint density at radius 3 is 1.16 bits per heavy atom. The lowest BCUT2D eigenvalue weighted by atomic mass is 9.87. The summed E-state index contributed by atoms with van der Waals surface area (Å²) < 4.78 is 0.960. The van der Waals surface area contributed by atoms with Crippen LogP contribution in [0.25, 0.3) is 0 Å². The zero-order chi connectivity index (χ0) is 30.9. The maximum absolute atomic E-state index is 6.34. The highest BCUT2D eigenvalue weighted by atomic mass is 79.9. The van der Waals surface area contributed by atoms with Gasteiger partial charge in [0.2, 0.25) is 0 Å². The predicted molar refractivity (Wildman–Crippen MR) is 191 cm³/mol. The van der Waals surface area contributed by atoms with Crippen molar-refractivity contribution in [1.82, 2.24) is 0 Å². The van der Waals surface area contributed by atoms with E-state index in [-0.39, 0.29) is 10.8 Å². The van der Waals surface area contributed by atoms with Gasteiger partial charge in [0.25, 0.3) is 0 Å². The summed E-state index contributed by atoms with van der Waals surface area (Å²) in [6, 6.07) is 39.9. The van der Waals surface area contributed by atoms with Crippen molar-refractivity contribution >= 4 is 73.3 Å². The van der Waals surface area contributed by atoms with Crippen LogP contribution in [0.15, 0.2) is 120 Å². The van der Waals surface area contributed by atoms with E-state index in [0.29, 0.717) is 10.0 Å². The Balaban J connectivity index is 1.74. The molecular weight excluding hydrogens is 635 g/mol. The third-order valence-corrected chi connectivity index (χ3v) is 8.87. The lowest BCUT2D eigenvalue weighted by molar-refractivity contribution is 0.590. The monoisotopic (exact) mass is 670 g/mol. The van der Waals surface area contributed by atoms with Gasteiger partial charge in [-0.3, -0.25) is 0 Å². The minimum atomic E-state index is 0.00418. The van der Waals surface area contributed by atoms with Crippen LogP contribution in [0.1, 0.15) is 52.7 Å². The average molecular weight is 673 g/mol. The molecule has 0 fully saturated rings. The fraction of sp³-hybridized carbons (Fsp3) is 0.211. The first-order chi connectivity index (χ1) is 20.3. The highest BCUT2D eigenvalue weighted by Crippen LogP contribution is 2.47. The first kappa shape index (κ1) is 31.2. The highest BCUT2D eigenvalue weighted by molar-refractivity contribution is 9.10. The summed E-state index contributed by atoms with van der Waals surface area (Å²) in [4.78, 5) is 4.57. The highest BCUT2D eigenvalue weighted by Gasteiger charge is 2.24. The van der Waals surface area contributed by atoms with Gasteiger partial charge >= 0.3 is 0 Å². The molecule has 5 rings (SSSR count). The van der Waals surface area contributed by atoms with Crippen molar-refractivity contribution in [3.8, 4) is 0 Å². The molecule has 220 valence electrons. The molecule has 0 heterocycles. The molecular formula is C38H37BrCl2N2. The van der Waals surface area contributed by atoms with Crippen LogP contribution in [0, 0.1) is 0 Å². The van der Waals surface area contributed by atoms with E-state index in [1.54, 1.807) is 0 Å². The molecule has 0 saturated carbocycles. The topological polar surface area (TPSA) is 6.48 Å². The molecule has 5 aromatic carbocycles. The number of nitrogens with zero attached hydrogens (tertiary/aromatic N) is 2. The van der Waals surface area contributed by atoms with Crippen molar-refractivity contribution in [3.63, 3.8) is 0 Å². The molecule has 43 heavy (non-hydrogen) atoms. The zero-order valence-electron chi connectivity index (χ0n) is 25.5. The minimum absolute atomic E-state index is 0.00418. The molecule has 5 heteroatoms. The predicted octanol–water partition coefficient (Wildman–Crippen LogP) is 13.3. The van der Waals surface area contributed by atoms with Gasteiger partial charge < -0.3 is 9.80 Å². The summed E-state index contributed by atoms with van der Waals surface area (Å²) >= 11 is 16.8. The standard InChI is InChI=1S/C38H37BrCl2N2/c1-37(2,3)26-10-7-12-32(24-26)42(30-20-16-28(40)17-21-30)34-14-9-15-35(36(34)39)43(31-22-18-29(41)19-23-31)33-13-8-11-27(25-33)38(4,5)6/h7-25H,1-6H3. The number of hydrogen-bond acceptors (Lipinski definition) is 2. The first-order valence-corrected chi connectivity index (χ1v) is 16.0. The van der Waals surface area contributed by atoms with Crippen LogP contribution < -0.4 is 9.80 Å². The minimum Gasteiger partial charge on any atom is -0.309 e. The Labute approximate surface area is 275 Å². The second-order valence-electron chi connectivity index (χ2n) is 12.8. The van der Waals surface area contributed by atoms with Gasteiger partial charge in [0.1, 0.15) is 0 Å². The maximum Gasteiger partial charge on any atom is 0.0656 e. The fourth-order valence-corrected chi connectivity index (χ4v) is 5.98. The molecule has 0 bridgehead atoms. The Bertz CT molecular complexity index is 1590. The summed E-state index contributed by atoms with van der Waals surface area (Å²) in [6.45, 7) is 13.4. The van der Waals surface area contributed by atoms with Gasteiger partial charge in [-0.25, -0.2) is 0 Å². The molecule has 2 nitrogen and oxygen atoms in total. The molecule has 0 amide bonds. The molecule has 0 aliphatic carbocycles. The lowest BCUT2D eigenvalue weighted by Gasteiger charge is -2.32. The van der Waals surface area contributed by atoms with Gasteiger partial charge in [0.15, 0.2) is 0 Å². The molecule has 0 aliphatic heterocycles. The van der Waals surface area contributed by atoms with E-state index in [0.717, 1.165) is 38.6 Å². The zero-order valence-corrected chi connectivity index (χ0v) is 28.6. The Morgan fingerprint density at radius 2 is 0.814 bits per heavy atom. The van der Waals surface area contributed by atoms with Crippen LogP contribution in [0.4, 0.5) is 34.1 Å². The summed E-state index contributed by atoms with van der Waals surface area (Å²) in [5.74, 6) is 0. The number of anilines is 6. The molecule has 0 aliphatic rings.